The predicted octanol–water partition coefficient (Wildman–Crippen LogP) is 4.76. The van der Waals surface area contributed by atoms with Gasteiger partial charge < -0.3 is 10.6 Å². The van der Waals surface area contributed by atoms with Crippen LogP contribution in [0.15, 0.2) is 23.5 Å². The first-order valence-corrected chi connectivity index (χ1v) is 10.6. The Labute approximate surface area is 171 Å². The van der Waals surface area contributed by atoms with Gasteiger partial charge in [-0.15, -0.1) is 0 Å². The average Bonchev–Trinajstić information content (AvgIpc) is 2.43. The summed E-state index contributed by atoms with van der Waals surface area (Å²) in [5.74, 6) is 0.502. The maximum absolute atomic E-state index is 12.5. The van der Waals surface area contributed by atoms with Crippen LogP contribution in [0.1, 0.15) is 81.1 Å². The molecule has 4 nitrogen and oxygen atoms in total. The molecule has 2 fully saturated rings. The molecule has 0 atom stereocenters. The van der Waals surface area contributed by atoms with E-state index >= 15 is 0 Å². The van der Waals surface area contributed by atoms with Crippen molar-refractivity contribution >= 4 is 11.6 Å². The van der Waals surface area contributed by atoms with E-state index in [0.717, 1.165) is 24.0 Å². The fourth-order valence-corrected chi connectivity index (χ4v) is 5.57. The highest BCUT2D eigenvalue weighted by Gasteiger charge is 2.42. The first-order chi connectivity index (χ1) is 12.7. The monoisotopic (exact) mass is 388 g/mol. The van der Waals surface area contributed by atoms with Gasteiger partial charge in [-0.1, -0.05) is 55.4 Å². The first kappa shape index (κ1) is 22.7. The highest BCUT2D eigenvalue weighted by atomic mass is 16.1. The zero-order valence-electron chi connectivity index (χ0n) is 19.2. The lowest BCUT2D eigenvalue weighted by atomic mass is 9.62. The number of hydrogen-bond donors (Lipinski definition) is 2. The van der Waals surface area contributed by atoms with Gasteiger partial charge in [0.25, 0.3) is 0 Å². The van der Waals surface area contributed by atoms with Crippen molar-refractivity contribution in [2.45, 2.75) is 81.1 Å². The van der Waals surface area contributed by atoms with E-state index in [9.17, 15) is 9.59 Å². The third-order valence-electron chi connectivity index (χ3n) is 6.08. The van der Waals surface area contributed by atoms with Gasteiger partial charge in [-0.2, -0.15) is 0 Å². The molecule has 0 aromatic carbocycles. The molecule has 0 unspecified atom stereocenters. The molecule has 0 amide bonds. The Kier molecular flexibility index (Phi) is 6.23. The maximum Gasteiger partial charge on any atom is 0.161 e. The molecule has 0 aliphatic heterocycles. The number of carbonyl (C=O) groups is 2. The van der Waals surface area contributed by atoms with Crippen LogP contribution < -0.4 is 10.6 Å². The summed E-state index contributed by atoms with van der Waals surface area (Å²) in [6.07, 6.45) is 7.06. The molecule has 0 bridgehead atoms. The number of carbonyl (C=O) groups excluding carboxylic acids is 2. The largest absolute Gasteiger partial charge is 0.389 e. The average molecular weight is 389 g/mol. The SMILES string of the molecule is CC1(C)CC(=O)C(=CNCCNC=C2C(=O)CC(C)(C)CC2(C)C)C(C)(C)C1. The minimum absolute atomic E-state index is 0.0690. The molecule has 0 aromatic rings. The smallest absolute Gasteiger partial charge is 0.161 e. The van der Waals surface area contributed by atoms with Gasteiger partial charge >= 0.3 is 0 Å². The molecular weight excluding hydrogens is 348 g/mol. The summed E-state index contributed by atoms with van der Waals surface area (Å²) in [5.41, 5.74) is 1.73. The lowest BCUT2D eigenvalue weighted by Crippen LogP contribution is -2.38. The second-order valence-electron chi connectivity index (χ2n) is 11.7. The Bertz CT molecular complexity index is 633. The van der Waals surface area contributed by atoms with Gasteiger partial charge in [0.05, 0.1) is 0 Å². The number of allylic oxidation sites excluding steroid dienone is 2. The van der Waals surface area contributed by atoms with Gasteiger partial charge in [0.1, 0.15) is 0 Å². The van der Waals surface area contributed by atoms with Crippen molar-refractivity contribution in [2.75, 3.05) is 13.1 Å². The lowest BCUT2D eigenvalue weighted by Gasteiger charge is -2.41. The molecule has 0 heterocycles. The third-order valence-corrected chi connectivity index (χ3v) is 6.08. The van der Waals surface area contributed by atoms with Crippen LogP contribution >= 0.6 is 0 Å². The molecule has 2 aliphatic carbocycles. The van der Waals surface area contributed by atoms with Gasteiger partial charge in [0.2, 0.25) is 0 Å². The first-order valence-electron chi connectivity index (χ1n) is 10.6. The van der Waals surface area contributed by atoms with Crippen LogP contribution in [-0.4, -0.2) is 24.7 Å². The number of hydrogen-bond acceptors (Lipinski definition) is 4. The van der Waals surface area contributed by atoms with E-state index in [2.05, 4.69) is 66.0 Å². The van der Waals surface area contributed by atoms with E-state index in [1.54, 1.807) is 0 Å². The molecule has 0 aromatic heterocycles. The van der Waals surface area contributed by atoms with Crippen LogP contribution in [0.4, 0.5) is 0 Å². The Hall–Kier alpha value is -1.58. The van der Waals surface area contributed by atoms with Crippen LogP contribution in [0, 0.1) is 21.7 Å². The molecule has 0 saturated heterocycles. The Morgan fingerprint density at radius 2 is 1.00 bits per heavy atom. The second kappa shape index (κ2) is 7.68. The molecule has 158 valence electrons. The van der Waals surface area contributed by atoms with Crippen molar-refractivity contribution in [2.24, 2.45) is 21.7 Å². The van der Waals surface area contributed by atoms with E-state index in [1.165, 1.54) is 0 Å². The van der Waals surface area contributed by atoms with Gasteiger partial charge in [-0.3, -0.25) is 9.59 Å². The summed E-state index contributed by atoms with van der Waals surface area (Å²) in [6.45, 7) is 18.7. The highest BCUT2D eigenvalue weighted by Crippen LogP contribution is 2.47. The van der Waals surface area contributed by atoms with E-state index in [1.807, 2.05) is 12.4 Å². The quantitative estimate of drug-likeness (QED) is 0.526. The molecule has 28 heavy (non-hydrogen) atoms. The van der Waals surface area contributed by atoms with Crippen molar-refractivity contribution in [3.63, 3.8) is 0 Å². The van der Waals surface area contributed by atoms with E-state index in [0.29, 0.717) is 25.9 Å². The van der Waals surface area contributed by atoms with Gasteiger partial charge in [0, 0.05) is 49.5 Å². The molecule has 2 rings (SSSR count). The summed E-state index contributed by atoms with van der Waals surface area (Å²) in [4.78, 5) is 25.1. The van der Waals surface area contributed by atoms with Crippen molar-refractivity contribution in [3.05, 3.63) is 23.5 Å². The molecular formula is C24H40N2O2. The number of Topliss-reactive ketones (excluding diaryl/α,β-unsaturated/α-hetero) is 2. The van der Waals surface area contributed by atoms with Crippen LogP contribution in [0.3, 0.4) is 0 Å². The fraction of sp³-hybridized carbons (Fsp3) is 0.750. The summed E-state index contributed by atoms with van der Waals surface area (Å²) >= 11 is 0. The van der Waals surface area contributed by atoms with E-state index < -0.39 is 0 Å². The Morgan fingerprint density at radius 1 is 0.679 bits per heavy atom. The summed E-state index contributed by atoms with van der Waals surface area (Å²) < 4.78 is 0. The maximum atomic E-state index is 12.5. The normalized spacial score (nSPS) is 28.4. The summed E-state index contributed by atoms with van der Waals surface area (Å²) in [7, 11) is 0. The fourth-order valence-electron chi connectivity index (χ4n) is 5.57. The summed E-state index contributed by atoms with van der Waals surface area (Å²) in [5, 5.41) is 6.58. The van der Waals surface area contributed by atoms with Crippen molar-refractivity contribution < 1.29 is 9.59 Å². The van der Waals surface area contributed by atoms with Crippen LogP contribution in [-0.2, 0) is 9.59 Å². The van der Waals surface area contributed by atoms with Crippen molar-refractivity contribution in [1.29, 1.82) is 0 Å². The van der Waals surface area contributed by atoms with Crippen molar-refractivity contribution in [1.82, 2.24) is 10.6 Å². The number of ketones is 2. The standard InChI is InChI=1S/C24H40N2O2/c1-21(2)11-19(27)17(23(5,6)15-21)13-25-9-10-26-14-18-20(28)12-22(3,4)16-24(18,7)8/h13-14,25-26H,9-12,15-16H2,1-8H3. The second-order valence-corrected chi connectivity index (χ2v) is 11.7. The minimum Gasteiger partial charge on any atom is -0.389 e. The van der Waals surface area contributed by atoms with E-state index in [-0.39, 0.29) is 33.2 Å². The van der Waals surface area contributed by atoms with Gasteiger partial charge in [-0.05, 0) is 34.5 Å². The molecule has 0 radical (unpaired) electrons. The van der Waals surface area contributed by atoms with E-state index in [4.69, 9.17) is 0 Å². The molecule has 2 aliphatic rings. The topological polar surface area (TPSA) is 58.2 Å². The summed E-state index contributed by atoms with van der Waals surface area (Å²) in [6, 6.07) is 0. The number of nitrogens with one attached hydrogen (secondary N) is 2. The van der Waals surface area contributed by atoms with Crippen LogP contribution in [0.25, 0.3) is 0 Å². The van der Waals surface area contributed by atoms with Gasteiger partial charge in [-0.25, -0.2) is 0 Å². The predicted molar refractivity (Wildman–Crippen MR) is 116 cm³/mol. The molecule has 0 spiro atoms. The zero-order valence-corrected chi connectivity index (χ0v) is 19.2. The van der Waals surface area contributed by atoms with Crippen LogP contribution in [0.2, 0.25) is 0 Å². The number of rotatable bonds is 5. The zero-order chi connectivity index (χ0) is 21.4. The highest BCUT2D eigenvalue weighted by molar-refractivity contribution is 5.98. The third kappa shape index (κ3) is 5.48. The lowest BCUT2D eigenvalue weighted by molar-refractivity contribution is -0.122. The van der Waals surface area contributed by atoms with Crippen molar-refractivity contribution in [3.8, 4) is 0 Å². The molecule has 4 heteroatoms. The molecule has 2 saturated carbocycles. The minimum atomic E-state index is -0.105. The van der Waals surface area contributed by atoms with Gasteiger partial charge in [0.15, 0.2) is 11.6 Å². The van der Waals surface area contributed by atoms with Crippen LogP contribution in [0.5, 0.6) is 0 Å². The molecule has 2 N–H and O–H groups in total. The Morgan fingerprint density at radius 3 is 1.29 bits per heavy atom. The Balaban J connectivity index is 1.89.